The maximum Gasteiger partial charge on any atom is 0.261 e. The highest BCUT2D eigenvalue weighted by molar-refractivity contribution is 7.99. The summed E-state index contributed by atoms with van der Waals surface area (Å²) in [6.45, 7) is 3.62. The van der Waals surface area contributed by atoms with E-state index in [0.717, 1.165) is 5.92 Å². The van der Waals surface area contributed by atoms with E-state index in [4.69, 9.17) is 4.55 Å². The van der Waals surface area contributed by atoms with E-state index < -0.39 is 10.1 Å². The molecule has 2 heterocycles. The highest BCUT2D eigenvalue weighted by Crippen LogP contribution is 2.47. The fourth-order valence-corrected chi connectivity index (χ4v) is 5.96. The summed E-state index contributed by atoms with van der Waals surface area (Å²) in [7, 11) is -1.35. The second-order valence-electron chi connectivity index (χ2n) is 8.51. The molecule has 0 radical (unpaired) electrons. The van der Waals surface area contributed by atoms with Crippen LogP contribution in [0.4, 0.5) is 0 Å². The normalized spacial score (nSPS) is 23.5. The third-order valence-electron chi connectivity index (χ3n) is 5.98. The minimum Gasteiger partial charge on any atom is -0.349 e. The highest BCUT2D eigenvalue weighted by Gasteiger charge is 2.39. The van der Waals surface area contributed by atoms with Crippen LogP contribution in [0, 0.1) is 5.92 Å². The Morgan fingerprint density at radius 2 is 1.83 bits per heavy atom. The van der Waals surface area contributed by atoms with Crippen LogP contribution >= 0.6 is 11.8 Å². The second kappa shape index (κ2) is 8.38. The van der Waals surface area contributed by atoms with E-state index >= 15 is 0 Å². The molecule has 1 aliphatic heterocycles. The van der Waals surface area contributed by atoms with Crippen LogP contribution < -0.4 is 0 Å². The van der Waals surface area contributed by atoms with Gasteiger partial charge in [-0.3, -0.25) is 4.55 Å². The summed E-state index contributed by atoms with van der Waals surface area (Å²) in [6.07, 6.45) is 3.20. The summed E-state index contributed by atoms with van der Waals surface area (Å²) in [5.74, 6) is 1.45. The molecule has 1 saturated heterocycles. The monoisotopic (exact) mass is 444 g/mol. The fraction of sp³-hybridized carbons (Fsp3) is 0.391. The van der Waals surface area contributed by atoms with Crippen molar-refractivity contribution in [3.63, 3.8) is 0 Å². The lowest BCUT2D eigenvalue weighted by molar-refractivity contribution is 0.119. The Morgan fingerprint density at radius 3 is 2.53 bits per heavy atom. The van der Waals surface area contributed by atoms with Crippen molar-refractivity contribution in [3.05, 3.63) is 59.7 Å². The molecule has 5 nitrogen and oxygen atoms in total. The summed E-state index contributed by atoms with van der Waals surface area (Å²) in [6, 6.07) is 18.2. The van der Waals surface area contributed by atoms with Gasteiger partial charge in [-0.15, -0.1) is 0 Å². The number of hydrogen-bond donors (Lipinski definition) is 2. The van der Waals surface area contributed by atoms with Crippen molar-refractivity contribution in [1.29, 1.82) is 0 Å². The summed E-state index contributed by atoms with van der Waals surface area (Å²) < 4.78 is 25.9. The minimum absolute atomic E-state index is 0.639. The van der Waals surface area contributed by atoms with E-state index in [1.54, 1.807) is 5.56 Å². The van der Waals surface area contributed by atoms with Gasteiger partial charge in [-0.05, 0) is 55.1 Å². The molecule has 160 valence electrons. The first-order valence-corrected chi connectivity index (χ1v) is 12.9. The molecule has 1 aromatic heterocycles. The standard InChI is InChI=1S/C22H24N2S.CH4O3S/c1-14-11-17-16-9-6-10-19-21(16)18(12-20(17)24(2)13-14)22(23-19)25-15-7-4-3-5-8-15;1-5(2,3)4/h3-10,14,17,20,23H,11-13H2,1-2H3;1H3,(H,2,3,4)/t14-,17-,20-;/m1./s1. The van der Waals surface area contributed by atoms with Crippen LogP contribution in [0.25, 0.3) is 10.9 Å². The van der Waals surface area contributed by atoms with Crippen molar-refractivity contribution in [2.75, 3.05) is 19.8 Å². The molecule has 30 heavy (non-hydrogen) atoms. The number of aromatic amines is 1. The van der Waals surface area contributed by atoms with Crippen LogP contribution in [0.15, 0.2) is 58.5 Å². The molecule has 1 aliphatic carbocycles. The predicted molar refractivity (Wildman–Crippen MR) is 123 cm³/mol. The van der Waals surface area contributed by atoms with Gasteiger partial charge >= 0.3 is 0 Å². The summed E-state index contributed by atoms with van der Waals surface area (Å²) in [5, 5.41) is 2.84. The largest absolute Gasteiger partial charge is 0.349 e. The van der Waals surface area contributed by atoms with Crippen LogP contribution in [0.2, 0.25) is 0 Å². The number of nitrogens with zero attached hydrogens (tertiary/aromatic N) is 1. The molecule has 1 fully saturated rings. The van der Waals surface area contributed by atoms with Gasteiger partial charge in [0.2, 0.25) is 0 Å². The summed E-state index contributed by atoms with van der Waals surface area (Å²) in [4.78, 5) is 7.63. The molecule has 0 amide bonds. The first-order chi connectivity index (χ1) is 14.2. The Bertz CT molecular complexity index is 1130. The molecule has 3 aromatic rings. The Labute approximate surface area is 182 Å². The van der Waals surface area contributed by atoms with Gasteiger partial charge in [0, 0.05) is 34.3 Å². The number of likely N-dealkylation sites (tertiary alicyclic amines) is 1. The van der Waals surface area contributed by atoms with Gasteiger partial charge in [-0.25, -0.2) is 0 Å². The van der Waals surface area contributed by atoms with Crippen LogP contribution in [0.3, 0.4) is 0 Å². The van der Waals surface area contributed by atoms with Gasteiger partial charge in [-0.1, -0.05) is 49.0 Å². The van der Waals surface area contributed by atoms with Crippen LogP contribution in [0.1, 0.15) is 30.4 Å². The number of H-pyrrole nitrogens is 1. The van der Waals surface area contributed by atoms with Crippen LogP contribution in [0.5, 0.6) is 0 Å². The highest BCUT2D eigenvalue weighted by atomic mass is 32.2. The number of benzene rings is 2. The lowest BCUT2D eigenvalue weighted by atomic mass is 9.73. The first-order valence-electron chi connectivity index (χ1n) is 10.2. The Morgan fingerprint density at radius 1 is 1.13 bits per heavy atom. The van der Waals surface area contributed by atoms with Crippen LogP contribution in [-0.4, -0.2) is 48.7 Å². The molecule has 0 saturated carbocycles. The van der Waals surface area contributed by atoms with E-state index in [-0.39, 0.29) is 0 Å². The van der Waals surface area contributed by atoms with Gasteiger partial charge < -0.3 is 9.88 Å². The number of piperidine rings is 1. The summed E-state index contributed by atoms with van der Waals surface area (Å²) in [5.41, 5.74) is 4.41. The lowest BCUT2D eigenvalue weighted by Crippen LogP contribution is -2.47. The third-order valence-corrected chi connectivity index (χ3v) is 7.04. The predicted octanol–water partition coefficient (Wildman–Crippen LogP) is 4.80. The average Bonchev–Trinajstić information content (AvgIpc) is 3.01. The molecule has 2 N–H and O–H groups in total. The zero-order chi connectivity index (χ0) is 21.5. The van der Waals surface area contributed by atoms with Gasteiger partial charge in [0.1, 0.15) is 0 Å². The number of likely N-dealkylation sites (N-methyl/N-ethyl adjacent to an activating group) is 1. The van der Waals surface area contributed by atoms with Crippen molar-refractivity contribution in [2.45, 2.75) is 41.6 Å². The Kier molecular flexibility index (Phi) is 5.99. The molecule has 7 heteroatoms. The Hall–Kier alpha value is -1.80. The van der Waals surface area contributed by atoms with E-state index in [1.165, 1.54) is 45.8 Å². The van der Waals surface area contributed by atoms with Crippen molar-refractivity contribution < 1.29 is 13.0 Å². The van der Waals surface area contributed by atoms with E-state index in [0.29, 0.717) is 18.2 Å². The van der Waals surface area contributed by atoms with Gasteiger partial charge in [0.15, 0.2) is 0 Å². The molecule has 0 spiro atoms. The number of hydrogen-bond acceptors (Lipinski definition) is 4. The van der Waals surface area contributed by atoms with Crippen LogP contribution in [-0.2, 0) is 16.5 Å². The second-order valence-corrected chi connectivity index (χ2v) is 11.1. The minimum atomic E-state index is -3.67. The molecule has 2 aromatic carbocycles. The molecule has 0 unspecified atom stereocenters. The number of nitrogens with one attached hydrogen (secondary N) is 1. The quantitative estimate of drug-likeness (QED) is 0.555. The number of fused-ring (bicyclic) bond motifs is 2. The smallest absolute Gasteiger partial charge is 0.261 e. The first kappa shape index (κ1) is 21.4. The topological polar surface area (TPSA) is 73.4 Å². The zero-order valence-electron chi connectivity index (χ0n) is 17.5. The number of rotatable bonds is 2. The molecular formula is C23H28N2O3S2. The van der Waals surface area contributed by atoms with Gasteiger partial charge in [0.05, 0.1) is 11.3 Å². The molecule has 5 rings (SSSR count). The van der Waals surface area contributed by atoms with E-state index in [1.807, 2.05) is 11.8 Å². The SMILES string of the molecule is CS(=O)(=O)O.C[C@@H]1C[C@@H]2c3cccc4[nH]c(Sc5ccccc5)c(c34)C[C@H]2N(C)C1. The zero-order valence-corrected chi connectivity index (χ0v) is 19.1. The van der Waals surface area contributed by atoms with Crippen molar-refractivity contribution in [2.24, 2.45) is 5.92 Å². The molecule has 2 aliphatic rings. The van der Waals surface area contributed by atoms with E-state index in [9.17, 15) is 8.42 Å². The maximum absolute atomic E-state index is 9.19. The van der Waals surface area contributed by atoms with Crippen molar-refractivity contribution in [3.8, 4) is 0 Å². The fourth-order valence-electron chi connectivity index (χ4n) is 4.96. The molecular weight excluding hydrogens is 416 g/mol. The molecule has 0 bridgehead atoms. The average molecular weight is 445 g/mol. The Balaban J connectivity index is 0.000000393. The summed E-state index contributed by atoms with van der Waals surface area (Å²) >= 11 is 1.87. The van der Waals surface area contributed by atoms with Crippen molar-refractivity contribution >= 4 is 32.8 Å². The lowest BCUT2D eigenvalue weighted by Gasteiger charge is -2.45. The van der Waals surface area contributed by atoms with Crippen molar-refractivity contribution in [1.82, 2.24) is 9.88 Å². The molecule has 3 atom stereocenters. The van der Waals surface area contributed by atoms with E-state index in [2.05, 4.69) is 72.4 Å². The van der Waals surface area contributed by atoms with Gasteiger partial charge in [0.25, 0.3) is 10.1 Å². The third kappa shape index (κ3) is 4.59. The maximum atomic E-state index is 9.19. The number of aromatic nitrogens is 1. The van der Waals surface area contributed by atoms with Gasteiger partial charge in [-0.2, -0.15) is 8.42 Å².